The van der Waals surface area contributed by atoms with Crippen molar-refractivity contribution in [3.63, 3.8) is 0 Å². The maximum Gasteiger partial charge on any atom is 0.327 e. The predicted molar refractivity (Wildman–Crippen MR) is 165 cm³/mol. The number of amides is 2. The first kappa shape index (κ1) is 28.3. The van der Waals surface area contributed by atoms with Gasteiger partial charge >= 0.3 is 11.8 Å². The SMILES string of the molecule is Cc1cc(Br)c2c(c1)C(=O)/C(=C1/C(=O)c3cc(Br)cc(Br)c3N1C(=O)c1cccc[n+]1C)N2C(=O)c1cccc[n+]1C. The molecule has 0 N–H and O–H groups in total. The minimum absolute atomic E-state index is 0.193. The van der Waals surface area contributed by atoms with E-state index in [4.69, 9.17) is 0 Å². The summed E-state index contributed by atoms with van der Waals surface area (Å²) in [6.45, 7) is 1.84. The summed E-state index contributed by atoms with van der Waals surface area (Å²) in [5.74, 6) is -2.16. The van der Waals surface area contributed by atoms with E-state index in [-0.39, 0.29) is 39.6 Å². The Morgan fingerprint density at radius 1 is 0.667 bits per heavy atom. The number of allylic oxidation sites excluding steroid dienone is 2. The van der Waals surface area contributed by atoms with Crippen LogP contribution < -0.4 is 18.9 Å². The highest BCUT2D eigenvalue weighted by atomic mass is 79.9. The van der Waals surface area contributed by atoms with Gasteiger partial charge in [-0.3, -0.25) is 29.0 Å². The zero-order valence-corrected chi connectivity index (χ0v) is 27.2. The third-order valence-electron chi connectivity index (χ3n) is 7.23. The fraction of sp³-hybridized carbons (Fsp3) is 0.0968. The van der Waals surface area contributed by atoms with Crippen molar-refractivity contribution in [1.29, 1.82) is 0 Å². The number of Topliss-reactive ketones (excluding diaryl/α,β-unsaturated/α-hetero) is 2. The molecular weight excluding hydrogens is 732 g/mol. The molecule has 2 aliphatic rings. The fourth-order valence-corrected chi connectivity index (χ4v) is 7.49. The Bertz CT molecular complexity index is 1810. The number of aryl methyl sites for hydroxylation is 3. The zero-order valence-electron chi connectivity index (χ0n) is 22.5. The first-order chi connectivity index (χ1) is 20.0. The number of hydrogen-bond donors (Lipinski definition) is 0. The Morgan fingerprint density at radius 3 is 1.60 bits per heavy atom. The lowest BCUT2D eigenvalue weighted by atomic mass is 10.1. The van der Waals surface area contributed by atoms with Crippen LogP contribution in [0.5, 0.6) is 0 Å². The van der Waals surface area contributed by atoms with E-state index in [1.807, 2.05) is 6.92 Å². The highest BCUT2D eigenvalue weighted by Crippen LogP contribution is 2.48. The number of hydrogen-bond acceptors (Lipinski definition) is 4. The van der Waals surface area contributed by atoms with E-state index in [2.05, 4.69) is 47.8 Å². The molecule has 0 unspecified atom stereocenters. The van der Waals surface area contributed by atoms with E-state index >= 15 is 0 Å². The maximum atomic E-state index is 14.3. The summed E-state index contributed by atoms with van der Waals surface area (Å²) >= 11 is 10.5. The van der Waals surface area contributed by atoms with Crippen molar-refractivity contribution < 1.29 is 28.3 Å². The normalized spacial score (nSPS) is 15.8. The van der Waals surface area contributed by atoms with E-state index in [0.29, 0.717) is 19.1 Å². The highest BCUT2D eigenvalue weighted by molar-refractivity contribution is 9.11. The molecule has 0 atom stereocenters. The van der Waals surface area contributed by atoms with Gasteiger partial charge in [0.1, 0.15) is 25.5 Å². The number of nitrogens with zero attached hydrogens (tertiary/aromatic N) is 4. The topological polar surface area (TPSA) is 82.5 Å². The second kappa shape index (κ2) is 10.5. The Hall–Kier alpha value is -3.80. The van der Waals surface area contributed by atoms with Crippen LogP contribution in [0.2, 0.25) is 0 Å². The molecule has 0 saturated carbocycles. The molecular formula is C31H21Br3N4O4+2. The number of aromatic nitrogens is 2. The molecule has 0 bridgehead atoms. The molecule has 4 aromatic rings. The summed E-state index contributed by atoms with van der Waals surface area (Å²) < 4.78 is 4.86. The number of halogens is 3. The van der Waals surface area contributed by atoms with Gasteiger partial charge in [0.15, 0.2) is 12.4 Å². The Morgan fingerprint density at radius 2 is 1.12 bits per heavy atom. The zero-order chi connectivity index (χ0) is 30.0. The summed E-state index contributed by atoms with van der Waals surface area (Å²) in [5, 5.41) is 0. The van der Waals surface area contributed by atoms with Crippen molar-refractivity contribution in [3.05, 3.63) is 126 Å². The lowest BCUT2D eigenvalue weighted by molar-refractivity contribution is -0.673. The number of benzene rings is 2. The molecule has 2 aliphatic heterocycles. The Kier molecular flexibility index (Phi) is 7.07. The summed E-state index contributed by atoms with van der Waals surface area (Å²) in [7, 11) is 3.44. The lowest BCUT2D eigenvalue weighted by Crippen LogP contribution is -2.45. The molecule has 0 aliphatic carbocycles. The Balaban J connectivity index is 1.70. The Labute approximate surface area is 266 Å². The average molecular weight is 753 g/mol. The molecule has 0 radical (unpaired) electrons. The summed E-state index contributed by atoms with van der Waals surface area (Å²) in [6.07, 6.45) is 3.44. The number of anilines is 2. The second-order valence-electron chi connectivity index (χ2n) is 9.96. The monoisotopic (exact) mass is 750 g/mol. The van der Waals surface area contributed by atoms with Crippen LogP contribution >= 0.6 is 47.8 Å². The molecule has 8 nitrogen and oxygen atoms in total. The highest BCUT2D eigenvalue weighted by Gasteiger charge is 2.50. The molecule has 0 saturated heterocycles. The quantitative estimate of drug-likeness (QED) is 0.199. The van der Waals surface area contributed by atoms with Gasteiger partial charge in [0.05, 0.1) is 16.9 Å². The van der Waals surface area contributed by atoms with Crippen molar-refractivity contribution in [3.8, 4) is 0 Å². The van der Waals surface area contributed by atoms with Crippen LogP contribution in [0.3, 0.4) is 0 Å². The number of fused-ring (bicyclic) bond motifs is 2. The minimum atomic E-state index is -0.557. The molecule has 6 rings (SSSR count). The molecule has 42 heavy (non-hydrogen) atoms. The van der Waals surface area contributed by atoms with Crippen LogP contribution in [0, 0.1) is 6.92 Å². The minimum Gasteiger partial charge on any atom is -0.287 e. The maximum absolute atomic E-state index is 14.3. The van der Waals surface area contributed by atoms with Gasteiger partial charge in [-0.2, -0.15) is 9.13 Å². The van der Waals surface area contributed by atoms with Crippen LogP contribution in [0.1, 0.15) is 47.3 Å². The van der Waals surface area contributed by atoms with Gasteiger partial charge in [0.25, 0.3) is 11.4 Å². The van der Waals surface area contributed by atoms with Crippen molar-refractivity contribution >= 4 is 82.5 Å². The molecule has 0 fully saturated rings. The van der Waals surface area contributed by atoms with Gasteiger partial charge in [-0.1, -0.05) is 15.9 Å². The first-order valence-corrected chi connectivity index (χ1v) is 15.1. The van der Waals surface area contributed by atoms with Crippen LogP contribution in [-0.2, 0) is 14.1 Å². The van der Waals surface area contributed by atoms with Gasteiger partial charge < -0.3 is 0 Å². The molecule has 0 spiro atoms. The number of carbonyl (C=O) groups excluding carboxylic acids is 4. The molecule has 2 amide bonds. The third-order valence-corrected chi connectivity index (χ3v) is 8.90. The summed E-state index contributed by atoms with van der Waals surface area (Å²) in [4.78, 5) is 59.9. The van der Waals surface area contributed by atoms with Crippen LogP contribution in [0.25, 0.3) is 0 Å². The van der Waals surface area contributed by atoms with Gasteiger partial charge in [-0.25, -0.2) is 0 Å². The first-order valence-electron chi connectivity index (χ1n) is 12.7. The second-order valence-corrected chi connectivity index (χ2v) is 12.6. The fourth-order valence-electron chi connectivity index (χ4n) is 5.34. The van der Waals surface area contributed by atoms with Gasteiger partial charge in [0.2, 0.25) is 11.6 Å². The number of ketones is 2. The van der Waals surface area contributed by atoms with Crippen LogP contribution in [0.15, 0.2) is 97.9 Å². The van der Waals surface area contributed by atoms with Crippen LogP contribution in [0.4, 0.5) is 11.4 Å². The van der Waals surface area contributed by atoms with E-state index in [0.717, 1.165) is 5.56 Å². The molecule has 208 valence electrons. The molecule has 4 heterocycles. The van der Waals surface area contributed by atoms with Gasteiger partial charge in [-0.15, -0.1) is 0 Å². The van der Waals surface area contributed by atoms with E-state index in [1.165, 1.54) is 9.80 Å². The third kappa shape index (κ3) is 4.29. The molecule has 11 heteroatoms. The van der Waals surface area contributed by atoms with Crippen molar-refractivity contribution in [2.24, 2.45) is 14.1 Å². The number of rotatable bonds is 2. The van der Waals surface area contributed by atoms with Crippen molar-refractivity contribution in [1.82, 2.24) is 0 Å². The van der Waals surface area contributed by atoms with Crippen molar-refractivity contribution in [2.75, 3.05) is 9.80 Å². The van der Waals surface area contributed by atoms with E-state index in [1.54, 1.807) is 96.3 Å². The average Bonchev–Trinajstić information content (AvgIpc) is 3.39. The number of pyridine rings is 2. The lowest BCUT2D eigenvalue weighted by Gasteiger charge is -2.24. The predicted octanol–water partition coefficient (Wildman–Crippen LogP) is 5.53. The molecule has 2 aromatic heterocycles. The summed E-state index contributed by atoms with van der Waals surface area (Å²) in [6, 6.07) is 17.1. The number of carbonyl (C=O) groups is 4. The largest absolute Gasteiger partial charge is 0.327 e. The van der Waals surface area contributed by atoms with Crippen LogP contribution in [-0.4, -0.2) is 23.4 Å². The smallest absolute Gasteiger partial charge is 0.287 e. The standard InChI is InChI=1S/C31H21Br3N4O4/c1-16-12-18-24(20(33)13-16)37(30(41)22-8-4-6-10-35(22)2)26(28(18)39)27-29(40)19-14-17(32)15-21(34)25(19)38(27)31(42)23-9-5-7-11-36(23)3/h4-15H,1-3H3/q+2/b27-26+. The summed E-state index contributed by atoms with van der Waals surface area (Å²) in [5.41, 5.74) is 2.01. The van der Waals surface area contributed by atoms with E-state index < -0.39 is 23.4 Å². The van der Waals surface area contributed by atoms with Gasteiger partial charge in [0, 0.05) is 43.2 Å². The van der Waals surface area contributed by atoms with Crippen molar-refractivity contribution in [2.45, 2.75) is 6.92 Å². The molecule has 2 aromatic carbocycles. The van der Waals surface area contributed by atoms with E-state index in [9.17, 15) is 19.2 Å². The van der Waals surface area contributed by atoms with Gasteiger partial charge in [-0.05, 0) is 80.7 Å².